The van der Waals surface area contributed by atoms with Crippen molar-refractivity contribution in [3.05, 3.63) is 23.8 Å². The van der Waals surface area contributed by atoms with Crippen LogP contribution < -0.4 is 0 Å². The smallest absolute Gasteiger partial charge is 0.333 e. The highest BCUT2D eigenvalue weighted by Crippen LogP contribution is 2.45. The minimum absolute atomic E-state index is 0.00269. The number of fused-ring (bicyclic) bond motifs is 1. The van der Waals surface area contributed by atoms with Gasteiger partial charge in [0.05, 0.1) is 7.11 Å². The Morgan fingerprint density at radius 1 is 1.39 bits per heavy atom. The van der Waals surface area contributed by atoms with Gasteiger partial charge in [-0.2, -0.15) is 0 Å². The molecule has 0 unspecified atom stereocenters. The molecule has 0 spiro atoms. The van der Waals surface area contributed by atoms with Crippen molar-refractivity contribution in [3.8, 4) is 0 Å². The summed E-state index contributed by atoms with van der Waals surface area (Å²) in [5.74, 6) is 0.849. The molecule has 0 saturated heterocycles. The molecule has 3 nitrogen and oxygen atoms in total. The van der Waals surface area contributed by atoms with Crippen molar-refractivity contribution in [2.24, 2.45) is 17.8 Å². The Hall–Kier alpha value is -1.38. The Balaban J connectivity index is 2.28. The van der Waals surface area contributed by atoms with E-state index >= 15 is 0 Å². The third-order valence-corrected chi connectivity index (χ3v) is 4.33. The third kappa shape index (κ3) is 2.26. The lowest BCUT2D eigenvalue weighted by atomic mass is 9.65. The first kappa shape index (κ1) is 13.1. The molecule has 2 aliphatic rings. The minimum Gasteiger partial charge on any atom is -0.466 e. The summed E-state index contributed by atoms with van der Waals surface area (Å²) in [6.45, 7) is 6.09. The van der Waals surface area contributed by atoms with E-state index in [2.05, 4.69) is 13.5 Å². The molecule has 18 heavy (non-hydrogen) atoms. The summed E-state index contributed by atoms with van der Waals surface area (Å²) < 4.78 is 4.75. The maximum absolute atomic E-state index is 11.6. The number of rotatable bonds is 2. The van der Waals surface area contributed by atoms with E-state index in [1.807, 2.05) is 0 Å². The van der Waals surface area contributed by atoms with E-state index in [0.717, 1.165) is 24.8 Å². The van der Waals surface area contributed by atoms with Crippen LogP contribution in [-0.2, 0) is 14.3 Å². The number of methoxy groups -OCH3 is 1. The first-order valence-electron chi connectivity index (χ1n) is 6.56. The number of carbonyl (C=O) groups is 2. The van der Waals surface area contributed by atoms with Crippen LogP contribution in [0.2, 0.25) is 0 Å². The molecular formula is C15H20O3. The predicted molar refractivity (Wildman–Crippen MR) is 68.9 cm³/mol. The lowest BCUT2D eigenvalue weighted by molar-refractivity contribution is -0.136. The van der Waals surface area contributed by atoms with Gasteiger partial charge in [0, 0.05) is 17.9 Å². The van der Waals surface area contributed by atoms with Crippen molar-refractivity contribution in [1.29, 1.82) is 0 Å². The number of esters is 1. The van der Waals surface area contributed by atoms with Crippen LogP contribution in [0.5, 0.6) is 0 Å². The second kappa shape index (κ2) is 5.09. The van der Waals surface area contributed by atoms with E-state index in [4.69, 9.17) is 4.74 Å². The highest BCUT2D eigenvalue weighted by Gasteiger charge is 2.37. The fourth-order valence-electron chi connectivity index (χ4n) is 3.25. The molecule has 0 heterocycles. The van der Waals surface area contributed by atoms with Gasteiger partial charge in [0.2, 0.25) is 0 Å². The zero-order chi connectivity index (χ0) is 13.3. The van der Waals surface area contributed by atoms with E-state index in [-0.39, 0.29) is 17.7 Å². The van der Waals surface area contributed by atoms with Gasteiger partial charge in [-0.3, -0.25) is 4.79 Å². The lowest BCUT2D eigenvalue weighted by Gasteiger charge is -2.39. The zero-order valence-electron chi connectivity index (χ0n) is 11.1. The summed E-state index contributed by atoms with van der Waals surface area (Å²) in [7, 11) is 1.37. The van der Waals surface area contributed by atoms with E-state index < -0.39 is 0 Å². The molecule has 0 aromatic heterocycles. The van der Waals surface area contributed by atoms with Gasteiger partial charge in [0.1, 0.15) is 0 Å². The van der Waals surface area contributed by atoms with E-state index in [9.17, 15) is 9.59 Å². The summed E-state index contributed by atoms with van der Waals surface area (Å²) in [5.41, 5.74) is 1.61. The van der Waals surface area contributed by atoms with Crippen molar-refractivity contribution in [2.75, 3.05) is 7.11 Å². The highest BCUT2D eigenvalue weighted by molar-refractivity contribution is 5.93. The van der Waals surface area contributed by atoms with Crippen molar-refractivity contribution >= 4 is 11.8 Å². The first-order valence-corrected chi connectivity index (χ1v) is 6.56. The number of hydrogen-bond donors (Lipinski definition) is 0. The van der Waals surface area contributed by atoms with Crippen LogP contribution in [0, 0.1) is 17.8 Å². The van der Waals surface area contributed by atoms with Crippen LogP contribution in [0.3, 0.4) is 0 Å². The van der Waals surface area contributed by atoms with Crippen molar-refractivity contribution in [2.45, 2.75) is 32.6 Å². The monoisotopic (exact) mass is 248 g/mol. The summed E-state index contributed by atoms with van der Waals surface area (Å²) in [6.07, 6.45) is 5.27. The molecule has 1 saturated carbocycles. The SMILES string of the molecule is C=C(C(=O)OC)[C@@H]1CC[C@@H](C)[C@@H]2CCC(=O)C=C12. The second-order valence-corrected chi connectivity index (χ2v) is 5.38. The van der Waals surface area contributed by atoms with E-state index in [1.54, 1.807) is 6.08 Å². The number of ketones is 1. The standard InChI is InChI=1S/C15H20O3/c1-9-4-6-13(10(2)15(17)18-3)14-8-11(16)5-7-12(9)14/h8-9,12-13H,2,4-7H2,1,3H3/t9-,12+,13+/m1/s1. The van der Waals surface area contributed by atoms with E-state index in [0.29, 0.717) is 23.8 Å². The number of ether oxygens (including phenoxy) is 1. The molecule has 3 heteroatoms. The topological polar surface area (TPSA) is 43.4 Å². The second-order valence-electron chi connectivity index (χ2n) is 5.38. The van der Waals surface area contributed by atoms with Gasteiger partial charge in [-0.15, -0.1) is 0 Å². The molecule has 3 atom stereocenters. The molecule has 2 rings (SSSR count). The Labute approximate surface area is 108 Å². The van der Waals surface area contributed by atoms with Gasteiger partial charge < -0.3 is 4.74 Å². The Morgan fingerprint density at radius 2 is 2.11 bits per heavy atom. The molecule has 0 bridgehead atoms. The number of carbonyl (C=O) groups excluding carboxylic acids is 2. The van der Waals surface area contributed by atoms with Gasteiger partial charge in [0.15, 0.2) is 5.78 Å². The molecule has 0 amide bonds. The number of allylic oxidation sites excluding steroid dienone is 2. The summed E-state index contributed by atoms with van der Waals surface area (Å²) in [6, 6.07) is 0. The van der Waals surface area contributed by atoms with E-state index in [1.165, 1.54) is 7.11 Å². The molecule has 98 valence electrons. The fraction of sp³-hybridized carbons (Fsp3) is 0.600. The third-order valence-electron chi connectivity index (χ3n) is 4.33. The maximum atomic E-state index is 11.6. The van der Waals surface area contributed by atoms with Crippen LogP contribution in [0.15, 0.2) is 23.8 Å². The largest absolute Gasteiger partial charge is 0.466 e. The average molecular weight is 248 g/mol. The van der Waals surface area contributed by atoms with Gasteiger partial charge in [-0.1, -0.05) is 19.1 Å². The predicted octanol–water partition coefficient (Wildman–Crippen LogP) is 2.67. The molecule has 0 radical (unpaired) electrons. The normalized spacial score (nSPS) is 31.3. The van der Waals surface area contributed by atoms with Gasteiger partial charge >= 0.3 is 5.97 Å². The molecule has 2 aliphatic carbocycles. The van der Waals surface area contributed by atoms with Crippen LogP contribution in [0.1, 0.15) is 32.6 Å². The fourth-order valence-corrected chi connectivity index (χ4v) is 3.25. The minimum atomic E-state index is -0.354. The van der Waals surface area contributed by atoms with Crippen LogP contribution in [0.4, 0.5) is 0 Å². The molecule has 0 aromatic carbocycles. The van der Waals surface area contributed by atoms with Crippen molar-refractivity contribution in [3.63, 3.8) is 0 Å². The lowest BCUT2D eigenvalue weighted by Crippen LogP contribution is -2.32. The van der Waals surface area contributed by atoms with Crippen LogP contribution >= 0.6 is 0 Å². The first-order chi connectivity index (χ1) is 8.54. The Bertz CT molecular complexity index is 419. The molecule has 0 aliphatic heterocycles. The molecule has 0 N–H and O–H groups in total. The van der Waals surface area contributed by atoms with Crippen LogP contribution in [-0.4, -0.2) is 18.9 Å². The molecule has 0 aromatic rings. The van der Waals surface area contributed by atoms with Crippen LogP contribution in [0.25, 0.3) is 0 Å². The van der Waals surface area contributed by atoms with Crippen molar-refractivity contribution < 1.29 is 14.3 Å². The Kier molecular flexibility index (Phi) is 3.69. The highest BCUT2D eigenvalue weighted by atomic mass is 16.5. The summed E-state index contributed by atoms with van der Waals surface area (Å²) in [4.78, 5) is 23.2. The van der Waals surface area contributed by atoms with Gasteiger partial charge in [0.25, 0.3) is 0 Å². The average Bonchev–Trinajstić information content (AvgIpc) is 2.37. The quantitative estimate of drug-likeness (QED) is 0.557. The zero-order valence-corrected chi connectivity index (χ0v) is 11.1. The van der Waals surface area contributed by atoms with Gasteiger partial charge in [-0.05, 0) is 37.2 Å². The summed E-state index contributed by atoms with van der Waals surface area (Å²) >= 11 is 0. The Morgan fingerprint density at radius 3 is 2.78 bits per heavy atom. The maximum Gasteiger partial charge on any atom is 0.333 e. The van der Waals surface area contributed by atoms with Crippen molar-refractivity contribution in [1.82, 2.24) is 0 Å². The number of hydrogen-bond acceptors (Lipinski definition) is 3. The summed E-state index contributed by atoms with van der Waals surface area (Å²) in [5, 5.41) is 0. The molecular weight excluding hydrogens is 228 g/mol. The molecule has 1 fully saturated rings. The van der Waals surface area contributed by atoms with Gasteiger partial charge in [-0.25, -0.2) is 4.79 Å².